The maximum atomic E-state index is 11.9. The van der Waals surface area contributed by atoms with Crippen molar-refractivity contribution < 1.29 is 8.42 Å². The Morgan fingerprint density at radius 2 is 2.19 bits per heavy atom. The summed E-state index contributed by atoms with van der Waals surface area (Å²) in [4.78, 5) is 5.70. The minimum Gasteiger partial charge on any atom is -0.329 e. The molecule has 1 N–H and O–H groups in total. The van der Waals surface area contributed by atoms with Gasteiger partial charge in [-0.3, -0.25) is 0 Å². The van der Waals surface area contributed by atoms with Gasteiger partial charge in [0.05, 0.1) is 15.9 Å². The number of aromatic amines is 1. The van der Waals surface area contributed by atoms with Crippen LogP contribution in [0.15, 0.2) is 23.1 Å². The van der Waals surface area contributed by atoms with Crippen molar-refractivity contribution in [1.29, 1.82) is 0 Å². The highest BCUT2D eigenvalue weighted by Gasteiger charge is 2.22. The molecule has 1 aromatic carbocycles. The van der Waals surface area contributed by atoms with Crippen molar-refractivity contribution in [2.75, 3.05) is 26.4 Å². The van der Waals surface area contributed by atoms with Crippen LogP contribution in [0.2, 0.25) is 0 Å². The van der Waals surface area contributed by atoms with Crippen LogP contribution in [0.5, 0.6) is 0 Å². The van der Waals surface area contributed by atoms with Crippen molar-refractivity contribution in [2.24, 2.45) is 5.92 Å². The summed E-state index contributed by atoms with van der Waals surface area (Å²) in [5, 5.41) is 0. The minimum atomic E-state index is -3.27. The van der Waals surface area contributed by atoms with Gasteiger partial charge in [-0.1, -0.05) is 6.07 Å². The number of likely N-dealkylation sites (tertiary alicyclic amines) is 1. The first-order valence-corrected chi connectivity index (χ1v) is 9.26. The van der Waals surface area contributed by atoms with Gasteiger partial charge in [0, 0.05) is 19.3 Å². The molecular formula is C14H19N3O2S2. The lowest BCUT2D eigenvalue weighted by Gasteiger charge is -2.12. The molecule has 2 heterocycles. The molecule has 1 atom stereocenters. The lowest BCUT2D eigenvalue weighted by Crippen LogP contribution is -2.17. The fraction of sp³-hybridized carbons (Fsp3) is 0.500. The predicted octanol–water partition coefficient (Wildman–Crippen LogP) is 2.05. The van der Waals surface area contributed by atoms with Gasteiger partial charge < -0.3 is 14.5 Å². The maximum absolute atomic E-state index is 11.9. The fourth-order valence-corrected chi connectivity index (χ4v) is 4.20. The van der Waals surface area contributed by atoms with Crippen LogP contribution in [0.25, 0.3) is 11.0 Å². The number of nitrogens with zero attached hydrogens (tertiary/aromatic N) is 2. The van der Waals surface area contributed by atoms with Crippen molar-refractivity contribution >= 4 is 33.1 Å². The van der Waals surface area contributed by atoms with Crippen LogP contribution in [0.4, 0.5) is 0 Å². The molecule has 0 saturated carbocycles. The number of hydrogen-bond acceptors (Lipinski definition) is 4. The van der Waals surface area contributed by atoms with Gasteiger partial charge in [-0.15, -0.1) is 0 Å². The number of H-pyrrole nitrogens is 1. The molecule has 0 bridgehead atoms. The van der Waals surface area contributed by atoms with Gasteiger partial charge in [-0.2, -0.15) is 0 Å². The first-order chi connectivity index (χ1) is 9.86. The zero-order chi connectivity index (χ0) is 15.2. The van der Waals surface area contributed by atoms with Crippen molar-refractivity contribution in [2.45, 2.75) is 17.9 Å². The van der Waals surface area contributed by atoms with Crippen LogP contribution in [-0.2, 0) is 16.4 Å². The molecule has 0 radical (unpaired) electrons. The average Bonchev–Trinajstić information content (AvgIpc) is 2.93. The SMILES string of the molecule is CN1CCC(Cn2c(=S)[nH]c3c(S(C)(=O)=O)cccc32)C1. The summed E-state index contributed by atoms with van der Waals surface area (Å²) in [6, 6.07) is 5.32. The van der Waals surface area contributed by atoms with Crippen molar-refractivity contribution in [3.05, 3.63) is 23.0 Å². The van der Waals surface area contributed by atoms with Crippen LogP contribution in [0.3, 0.4) is 0 Å². The molecule has 1 aliphatic heterocycles. The van der Waals surface area contributed by atoms with E-state index in [9.17, 15) is 8.42 Å². The van der Waals surface area contributed by atoms with Gasteiger partial charge in [0.25, 0.3) is 0 Å². The van der Waals surface area contributed by atoms with Crippen molar-refractivity contribution in [3.63, 3.8) is 0 Å². The quantitative estimate of drug-likeness (QED) is 0.878. The number of benzene rings is 1. The van der Waals surface area contributed by atoms with Gasteiger partial charge in [0.15, 0.2) is 14.6 Å². The van der Waals surface area contributed by atoms with Gasteiger partial charge in [-0.25, -0.2) is 8.42 Å². The van der Waals surface area contributed by atoms with E-state index in [1.807, 2.05) is 10.6 Å². The number of nitrogens with one attached hydrogen (secondary N) is 1. The predicted molar refractivity (Wildman–Crippen MR) is 85.8 cm³/mol. The zero-order valence-corrected chi connectivity index (χ0v) is 13.8. The fourth-order valence-electron chi connectivity index (χ4n) is 3.08. The van der Waals surface area contributed by atoms with Crippen LogP contribution < -0.4 is 0 Å². The van der Waals surface area contributed by atoms with E-state index in [1.165, 1.54) is 6.26 Å². The minimum absolute atomic E-state index is 0.313. The molecule has 0 amide bonds. The normalized spacial score (nSPS) is 20.4. The molecule has 5 nitrogen and oxygen atoms in total. The Bertz CT molecular complexity index is 836. The average molecular weight is 325 g/mol. The molecule has 1 fully saturated rings. The highest BCUT2D eigenvalue weighted by atomic mass is 32.2. The number of hydrogen-bond donors (Lipinski definition) is 1. The third-order valence-corrected chi connectivity index (χ3v) is 5.56. The Labute approximate surface area is 129 Å². The number of imidazole rings is 1. The molecular weight excluding hydrogens is 306 g/mol. The van der Waals surface area contributed by atoms with Crippen LogP contribution in [0.1, 0.15) is 6.42 Å². The molecule has 1 unspecified atom stereocenters. The Morgan fingerprint density at radius 1 is 1.43 bits per heavy atom. The molecule has 7 heteroatoms. The second-order valence-corrected chi connectivity index (χ2v) is 8.25. The van der Waals surface area contributed by atoms with E-state index in [4.69, 9.17) is 12.2 Å². The maximum Gasteiger partial charge on any atom is 0.178 e. The van der Waals surface area contributed by atoms with Gasteiger partial charge >= 0.3 is 0 Å². The molecule has 0 spiro atoms. The first kappa shape index (κ1) is 14.7. The molecule has 114 valence electrons. The van der Waals surface area contributed by atoms with Crippen molar-refractivity contribution in [1.82, 2.24) is 14.5 Å². The molecule has 1 aliphatic rings. The third-order valence-electron chi connectivity index (χ3n) is 4.10. The van der Waals surface area contributed by atoms with Gasteiger partial charge in [-0.05, 0) is 50.3 Å². The van der Waals surface area contributed by atoms with E-state index in [-0.39, 0.29) is 0 Å². The monoisotopic (exact) mass is 325 g/mol. The Balaban J connectivity index is 2.08. The van der Waals surface area contributed by atoms with E-state index in [0.717, 1.165) is 31.6 Å². The largest absolute Gasteiger partial charge is 0.329 e. The lowest BCUT2D eigenvalue weighted by molar-refractivity contribution is 0.379. The molecule has 1 aromatic heterocycles. The molecule has 2 aromatic rings. The van der Waals surface area contributed by atoms with Gasteiger partial charge in [0.2, 0.25) is 0 Å². The van der Waals surface area contributed by atoms with E-state index in [1.54, 1.807) is 12.1 Å². The number of aromatic nitrogens is 2. The third kappa shape index (κ3) is 2.77. The zero-order valence-electron chi connectivity index (χ0n) is 12.2. The molecule has 21 heavy (non-hydrogen) atoms. The van der Waals surface area contributed by atoms with E-state index < -0.39 is 9.84 Å². The summed E-state index contributed by atoms with van der Waals surface area (Å²) in [5.74, 6) is 0.558. The highest BCUT2D eigenvalue weighted by molar-refractivity contribution is 7.91. The second-order valence-electron chi connectivity index (χ2n) is 5.88. The van der Waals surface area contributed by atoms with Crippen LogP contribution in [0, 0.1) is 10.7 Å². The topological polar surface area (TPSA) is 58.1 Å². The summed E-state index contributed by atoms with van der Waals surface area (Å²) in [7, 11) is -1.15. The summed E-state index contributed by atoms with van der Waals surface area (Å²) in [6.07, 6.45) is 2.37. The Kier molecular flexibility index (Phi) is 3.67. The standard InChI is InChI=1S/C14H19N3O2S2/c1-16-7-6-10(8-16)9-17-11-4-3-5-12(21(2,18)19)13(11)15-14(17)20/h3-5,10H,6-9H2,1-2H3,(H,15,20). The number of para-hydroxylation sites is 1. The lowest BCUT2D eigenvalue weighted by atomic mass is 10.1. The number of fused-ring (bicyclic) bond motifs is 1. The molecule has 1 saturated heterocycles. The molecule has 0 aliphatic carbocycles. The molecule has 3 rings (SSSR count). The Morgan fingerprint density at radius 3 is 2.81 bits per heavy atom. The summed E-state index contributed by atoms with van der Waals surface area (Å²) in [5.41, 5.74) is 1.49. The smallest absolute Gasteiger partial charge is 0.178 e. The first-order valence-electron chi connectivity index (χ1n) is 6.96. The van der Waals surface area contributed by atoms with Crippen molar-refractivity contribution in [3.8, 4) is 0 Å². The number of rotatable bonds is 3. The van der Waals surface area contributed by atoms with E-state index >= 15 is 0 Å². The summed E-state index contributed by atoms with van der Waals surface area (Å²) in [6.45, 7) is 2.99. The highest BCUT2D eigenvalue weighted by Crippen LogP contribution is 2.25. The summed E-state index contributed by atoms with van der Waals surface area (Å²) < 4.78 is 26.4. The van der Waals surface area contributed by atoms with Gasteiger partial charge in [0.1, 0.15) is 0 Å². The summed E-state index contributed by atoms with van der Waals surface area (Å²) >= 11 is 5.40. The Hall–Kier alpha value is -1.18. The number of sulfone groups is 1. The van der Waals surface area contributed by atoms with E-state index in [0.29, 0.717) is 21.1 Å². The van der Waals surface area contributed by atoms with E-state index in [2.05, 4.69) is 16.9 Å². The second kappa shape index (κ2) is 5.23. The van der Waals surface area contributed by atoms with Crippen LogP contribution >= 0.6 is 12.2 Å². The van der Waals surface area contributed by atoms with Crippen LogP contribution in [-0.4, -0.2) is 49.3 Å².